The third-order valence-electron chi connectivity index (χ3n) is 14.3. The topological polar surface area (TPSA) is 399 Å². The second-order valence-corrected chi connectivity index (χ2v) is 18.7. The zero-order valence-corrected chi connectivity index (χ0v) is 37.9. The van der Waals surface area contributed by atoms with Gasteiger partial charge in [-0.15, -0.1) is 0 Å². The summed E-state index contributed by atoms with van der Waals surface area (Å²) in [7, 11) is 0. The molecular weight excluding hydrogens is 981 g/mol. The largest absolute Gasteiger partial charge is 0.508 e. The van der Waals surface area contributed by atoms with E-state index < -0.39 is 154 Å². The Morgan fingerprint density at radius 2 is 1.05 bits per heavy atom. The molecule has 23 nitrogen and oxygen atoms in total. The molecule has 6 aromatic carbocycles. The van der Waals surface area contributed by atoms with Crippen molar-refractivity contribution in [3.05, 3.63) is 123 Å². The molecule has 0 unspecified atom stereocenters. The Morgan fingerprint density at radius 1 is 0.486 bits per heavy atom. The van der Waals surface area contributed by atoms with Crippen LogP contribution < -0.4 is 18.9 Å². The van der Waals surface area contributed by atoms with Gasteiger partial charge < -0.3 is 115 Å². The van der Waals surface area contributed by atoms with Crippen LogP contribution >= 0.6 is 0 Å². The zero-order chi connectivity index (χ0) is 52.6. The minimum atomic E-state index is -2.52. The summed E-state index contributed by atoms with van der Waals surface area (Å²) >= 11 is 0. The van der Waals surface area contributed by atoms with E-state index in [1.165, 1.54) is 18.2 Å². The summed E-state index contributed by atoms with van der Waals surface area (Å²) in [6.45, 7) is -0.901. The maximum Gasteiger partial charge on any atom is 0.305 e. The van der Waals surface area contributed by atoms with Gasteiger partial charge >= 0.3 is 5.79 Å². The predicted octanol–water partition coefficient (Wildman–Crippen LogP) is 2.07. The van der Waals surface area contributed by atoms with Gasteiger partial charge in [-0.05, 0) is 53.6 Å². The van der Waals surface area contributed by atoms with Crippen LogP contribution in [-0.2, 0) is 21.7 Å². The van der Waals surface area contributed by atoms with Crippen molar-refractivity contribution in [2.24, 2.45) is 0 Å². The summed E-state index contributed by atoms with van der Waals surface area (Å²) in [5.41, 5.74) is -1.30. The zero-order valence-electron chi connectivity index (χ0n) is 37.9. The summed E-state index contributed by atoms with van der Waals surface area (Å²) in [5.74, 6) is -14.3. The quantitative estimate of drug-likeness (QED) is 0.102. The number of aliphatic hydroxyl groups excluding tert-OH is 6. The maximum absolute atomic E-state index is 12.8. The van der Waals surface area contributed by atoms with Crippen molar-refractivity contribution < 1.29 is 115 Å². The van der Waals surface area contributed by atoms with Gasteiger partial charge in [0.2, 0.25) is 0 Å². The van der Waals surface area contributed by atoms with E-state index in [2.05, 4.69) is 0 Å². The van der Waals surface area contributed by atoms with Crippen LogP contribution in [0.4, 0.5) is 0 Å². The number of hydrogen-bond donors (Lipinski definition) is 17. The van der Waals surface area contributed by atoms with Crippen LogP contribution in [0, 0.1) is 0 Å². The van der Waals surface area contributed by atoms with Gasteiger partial charge in [-0.2, -0.15) is 0 Å². The van der Waals surface area contributed by atoms with Gasteiger partial charge in [-0.3, -0.25) is 0 Å². The Hall–Kier alpha value is -8.00. The van der Waals surface area contributed by atoms with Gasteiger partial charge in [0.25, 0.3) is 0 Å². The Kier molecular flexibility index (Phi) is 11.3. The average molecular weight is 1030 g/mol. The third kappa shape index (κ3) is 7.26. The van der Waals surface area contributed by atoms with E-state index in [4.69, 9.17) is 28.4 Å². The van der Waals surface area contributed by atoms with E-state index in [0.29, 0.717) is 0 Å². The second kappa shape index (κ2) is 17.3. The number of phenolic OH excluding ortho intramolecular Hbond substituents is 11. The summed E-state index contributed by atoms with van der Waals surface area (Å²) in [6, 6.07) is 14.2. The Balaban J connectivity index is 1.20. The normalized spacial score (nSPS) is 29.5. The first-order valence-electron chi connectivity index (χ1n) is 22.8. The van der Waals surface area contributed by atoms with Crippen molar-refractivity contribution in [1.29, 1.82) is 0 Å². The highest BCUT2D eigenvalue weighted by molar-refractivity contribution is 5.72. The highest BCUT2D eigenvalue weighted by atomic mass is 16.8. The fourth-order valence-corrected chi connectivity index (χ4v) is 10.8. The molecule has 74 heavy (non-hydrogen) atoms. The fourth-order valence-electron chi connectivity index (χ4n) is 10.8. The van der Waals surface area contributed by atoms with Gasteiger partial charge in [0, 0.05) is 64.1 Å². The van der Waals surface area contributed by atoms with E-state index in [1.54, 1.807) is 0 Å². The first kappa shape index (κ1) is 48.3. The molecule has 5 aliphatic rings. The molecule has 13 atom stereocenters. The highest BCUT2D eigenvalue weighted by Gasteiger charge is 2.64. The van der Waals surface area contributed by atoms with Crippen molar-refractivity contribution in [3.63, 3.8) is 0 Å². The molecule has 388 valence electrons. The van der Waals surface area contributed by atoms with Gasteiger partial charge in [0.15, 0.2) is 53.0 Å². The first-order chi connectivity index (χ1) is 35.2. The number of rotatable bonds is 7. The van der Waals surface area contributed by atoms with Crippen LogP contribution in [0.15, 0.2) is 78.9 Å². The van der Waals surface area contributed by atoms with Crippen molar-refractivity contribution >= 4 is 0 Å². The number of fused-ring (bicyclic) bond motifs is 9. The molecule has 11 rings (SSSR count). The van der Waals surface area contributed by atoms with Gasteiger partial charge in [-0.1, -0.05) is 12.1 Å². The predicted molar refractivity (Wildman–Crippen MR) is 245 cm³/mol. The van der Waals surface area contributed by atoms with Crippen molar-refractivity contribution in [2.45, 2.75) is 85.3 Å². The third-order valence-corrected chi connectivity index (χ3v) is 14.3. The molecule has 5 aliphatic heterocycles. The smallest absolute Gasteiger partial charge is 0.305 e. The summed E-state index contributed by atoms with van der Waals surface area (Å²) in [6.07, 6.45) is -18.3. The Morgan fingerprint density at radius 3 is 1.69 bits per heavy atom. The molecule has 5 heterocycles. The summed E-state index contributed by atoms with van der Waals surface area (Å²) in [5, 5.41) is 189. The first-order valence-corrected chi connectivity index (χ1v) is 22.8. The Labute approximate surface area is 415 Å². The van der Waals surface area contributed by atoms with Crippen LogP contribution in [-0.4, -0.2) is 142 Å². The van der Waals surface area contributed by atoms with E-state index in [-0.39, 0.29) is 68.2 Å². The molecule has 0 aromatic heterocycles. The van der Waals surface area contributed by atoms with Crippen LogP contribution in [0.2, 0.25) is 0 Å². The molecule has 0 radical (unpaired) electrons. The van der Waals surface area contributed by atoms with Gasteiger partial charge in [-0.25, -0.2) is 0 Å². The lowest BCUT2D eigenvalue weighted by Crippen LogP contribution is -2.64. The van der Waals surface area contributed by atoms with E-state index in [9.17, 15) is 86.8 Å². The lowest BCUT2D eigenvalue weighted by Gasteiger charge is -2.53. The van der Waals surface area contributed by atoms with Crippen molar-refractivity contribution in [3.8, 4) is 86.2 Å². The molecule has 1 saturated heterocycles. The number of benzene rings is 6. The second-order valence-electron chi connectivity index (χ2n) is 18.7. The van der Waals surface area contributed by atoms with Crippen LogP contribution in [0.3, 0.4) is 0 Å². The van der Waals surface area contributed by atoms with E-state index in [1.807, 2.05) is 0 Å². The van der Waals surface area contributed by atoms with Crippen molar-refractivity contribution in [2.75, 3.05) is 6.61 Å². The molecule has 0 aliphatic carbocycles. The SMILES string of the molecule is OC[C@H]1O[C@@H](O[C@@H]2[C@@H]3c4c(O)cc(O)cc4O[C@@]2(c2ccc(O)c(O)c2)Oc2cc(O)c4c(c23)O[C@H](c2ccc(O)c(O)c2)[C@H](O)[C@@H]4c2c(O)cc(O)c3c2O[C@H](c2ccc(O)c(O)c2)[C@H](O)C3)[C@H](O)[C@@H](O)[C@H]1O. The Bertz CT molecular complexity index is 3250. The molecule has 2 bridgehead atoms. The number of hydrogen-bond acceptors (Lipinski definition) is 23. The van der Waals surface area contributed by atoms with Crippen molar-refractivity contribution in [1.82, 2.24) is 0 Å². The lowest BCUT2D eigenvalue weighted by atomic mass is 9.71. The molecule has 1 fully saturated rings. The number of aromatic hydroxyl groups is 11. The molecule has 0 saturated carbocycles. The molecule has 0 spiro atoms. The average Bonchev–Trinajstić information content (AvgIpc) is 3.36. The minimum Gasteiger partial charge on any atom is -0.508 e. The highest BCUT2D eigenvalue weighted by Crippen LogP contribution is 2.66. The summed E-state index contributed by atoms with van der Waals surface area (Å²) < 4.78 is 38.8. The van der Waals surface area contributed by atoms with E-state index in [0.717, 1.165) is 60.7 Å². The molecule has 17 N–H and O–H groups in total. The molecule has 0 amide bonds. The standard InChI is InChI=1S/C51H46O23/c52-15-34-41(65)43(67)44(68)50(69-34)72-49-40-35-28(61)10-19(53)11-32(35)73-51(49,18-3-6-23(56)27(60)9-18)74-33-14-30(63)37-39(42(66)46(71-48(37)38(33)40)17-2-5-22(55)26(59)8-17)36-29(62)13-24(57)20-12-31(64)45(70-47(20)36)16-1-4-21(54)25(58)7-16/h1-11,13-14,31,34,39-46,49-50,52-68H,12,15H2/t31-,34-,39-,40-,41+,42-,43+,44-,45-,46-,49-,50+,51+/m1/s1. The number of ether oxygens (including phenoxy) is 6. The number of phenols is 11. The van der Waals surface area contributed by atoms with Crippen LogP contribution in [0.25, 0.3) is 0 Å². The lowest BCUT2D eigenvalue weighted by molar-refractivity contribution is -0.345. The molecule has 23 heteroatoms. The monoisotopic (exact) mass is 1030 g/mol. The maximum atomic E-state index is 12.8. The number of aliphatic hydroxyl groups is 6. The van der Waals surface area contributed by atoms with Crippen LogP contribution in [0.5, 0.6) is 86.2 Å². The fraction of sp³-hybridized carbons (Fsp3) is 0.294. The van der Waals surface area contributed by atoms with Gasteiger partial charge in [0.05, 0.1) is 24.5 Å². The van der Waals surface area contributed by atoms with Crippen LogP contribution in [0.1, 0.15) is 68.6 Å². The summed E-state index contributed by atoms with van der Waals surface area (Å²) in [4.78, 5) is 0. The van der Waals surface area contributed by atoms with E-state index >= 15 is 0 Å². The molecular formula is C51H46O23. The minimum absolute atomic E-state index is 0.0404. The van der Waals surface area contributed by atoms with Gasteiger partial charge in [0.1, 0.15) is 88.4 Å². The molecule has 6 aromatic rings.